The highest BCUT2D eigenvalue weighted by atomic mass is 16.1. The highest BCUT2D eigenvalue weighted by Gasteiger charge is 2.16. The minimum Gasteiger partial charge on any atom is -0.373 e. The minimum absolute atomic E-state index is 0.121. The molecule has 2 aromatic rings. The molecule has 0 spiro atoms. The summed E-state index contributed by atoms with van der Waals surface area (Å²) in [5, 5.41) is 2.98. The molecule has 5 nitrogen and oxygen atoms in total. The molecule has 0 bridgehead atoms. The Morgan fingerprint density at radius 1 is 1.22 bits per heavy atom. The number of nitrogens with one attached hydrogen (secondary N) is 1. The second-order valence-corrected chi connectivity index (χ2v) is 6.09. The Morgan fingerprint density at radius 3 is 2.83 bits per heavy atom. The summed E-state index contributed by atoms with van der Waals surface area (Å²) in [5.41, 5.74) is 4.61. The van der Waals surface area contributed by atoms with E-state index in [0.29, 0.717) is 5.56 Å². The molecule has 1 N–H and O–H groups in total. The number of benzene rings is 1. The molecule has 0 fully saturated rings. The number of amides is 1. The van der Waals surface area contributed by atoms with Crippen LogP contribution in [0.1, 0.15) is 21.6 Å². The van der Waals surface area contributed by atoms with Crippen LogP contribution in [0.25, 0.3) is 0 Å². The molecule has 0 aliphatic carbocycles. The number of hydrogen-bond acceptors (Lipinski definition) is 4. The SMILES string of the molecule is Cc1ncccc1C(=O)Nc1ccc2c(c1)N(C)CCN(C)C2. The predicted octanol–water partition coefficient (Wildman–Crippen LogP) is 2.52. The first-order chi connectivity index (χ1) is 11.0. The van der Waals surface area contributed by atoms with E-state index < -0.39 is 0 Å². The highest BCUT2D eigenvalue weighted by Crippen LogP contribution is 2.27. The van der Waals surface area contributed by atoms with Crippen LogP contribution in [0.4, 0.5) is 11.4 Å². The Bertz CT molecular complexity index is 729. The summed E-state index contributed by atoms with van der Waals surface area (Å²) in [5.74, 6) is -0.121. The van der Waals surface area contributed by atoms with Crippen molar-refractivity contribution in [1.82, 2.24) is 9.88 Å². The Labute approximate surface area is 136 Å². The maximum absolute atomic E-state index is 12.4. The van der Waals surface area contributed by atoms with E-state index in [0.717, 1.165) is 31.0 Å². The lowest BCUT2D eigenvalue weighted by Crippen LogP contribution is -2.26. The van der Waals surface area contributed by atoms with E-state index >= 15 is 0 Å². The van der Waals surface area contributed by atoms with E-state index in [2.05, 4.69) is 46.3 Å². The first-order valence-corrected chi connectivity index (χ1v) is 7.80. The molecule has 0 unspecified atom stereocenters. The van der Waals surface area contributed by atoms with Gasteiger partial charge in [-0.1, -0.05) is 6.07 Å². The summed E-state index contributed by atoms with van der Waals surface area (Å²) in [6.07, 6.45) is 1.69. The Balaban J connectivity index is 1.85. The molecule has 1 aliphatic heterocycles. The fraction of sp³-hybridized carbons (Fsp3) is 0.333. The second-order valence-electron chi connectivity index (χ2n) is 6.09. The van der Waals surface area contributed by atoms with Gasteiger partial charge in [0.25, 0.3) is 5.91 Å². The van der Waals surface area contributed by atoms with Crippen LogP contribution in [0.15, 0.2) is 36.5 Å². The van der Waals surface area contributed by atoms with Crippen LogP contribution in [0, 0.1) is 6.92 Å². The molecule has 1 aromatic carbocycles. The van der Waals surface area contributed by atoms with Gasteiger partial charge in [0.05, 0.1) is 5.56 Å². The van der Waals surface area contributed by atoms with Gasteiger partial charge in [-0.15, -0.1) is 0 Å². The number of fused-ring (bicyclic) bond motifs is 1. The van der Waals surface area contributed by atoms with Crippen molar-refractivity contribution in [2.75, 3.05) is 37.4 Å². The number of aryl methyl sites for hydroxylation is 1. The van der Waals surface area contributed by atoms with Crippen molar-refractivity contribution in [2.45, 2.75) is 13.5 Å². The fourth-order valence-corrected chi connectivity index (χ4v) is 2.86. The second kappa shape index (κ2) is 6.38. The number of nitrogens with zero attached hydrogens (tertiary/aromatic N) is 3. The maximum atomic E-state index is 12.4. The number of likely N-dealkylation sites (N-methyl/N-ethyl adjacent to an activating group) is 2. The van der Waals surface area contributed by atoms with E-state index in [1.54, 1.807) is 18.3 Å². The maximum Gasteiger partial charge on any atom is 0.257 e. The largest absolute Gasteiger partial charge is 0.373 e. The molecular weight excluding hydrogens is 288 g/mol. The summed E-state index contributed by atoms with van der Waals surface area (Å²) in [7, 11) is 4.22. The molecule has 120 valence electrons. The fourth-order valence-electron chi connectivity index (χ4n) is 2.86. The van der Waals surface area contributed by atoms with E-state index in [1.807, 2.05) is 13.0 Å². The quantitative estimate of drug-likeness (QED) is 0.926. The lowest BCUT2D eigenvalue weighted by molar-refractivity contribution is 0.102. The highest BCUT2D eigenvalue weighted by molar-refractivity contribution is 6.05. The third-order valence-electron chi connectivity index (χ3n) is 4.26. The number of carbonyl (C=O) groups is 1. The van der Waals surface area contributed by atoms with Gasteiger partial charge in [-0.2, -0.15) is 0 Å². The predicted molar refractivity (Wildman–Crippen MR) is 93.0 cm³/mol. The first kappa shape index (κ1) is 15.5. The van der Waals surface area contributed by atoms with Crippen LogP contribution >= 0.6 is 0 Å². The lowest BCUT2D eigenvalue weighted by Gasteiger charge is -2.20. The van der Waals surface area contributed by atoms with Crippen molar-refractivity contribution in [2.24, 2.45) is 0 Å². The van der Waals surface area contributed by atoms with Gasteiger partial charge in [-0.05, 0) is 43.8 Å². The van der Waals surface area contributed by atoms with Crippen LogP contribution in [0.3, 0.4) is 0 Å². The minimum atomic E-state index is -0.121. The molecule has 0 saturated carbocycles. The smallest absolute Gasteiger partial charge is 0.257 e. The molecule has 0 saturated heterocycles. The molecule has 5 heteroatoms. The summed E-state index contributed by atoms with van der Waals surface area (Å²) in [6, 6.07) is 9.69. The first-order valence-electron chi connectivity index (χ1n) is 7.80. The number of hydrogen-bond donors (Lipinski definition) is 1. The van der Waals surface area contributed by atoms with Gasteiger partial charge < -0.3 is 15.1 Å². The van der Waals surface area contributed by atoms with Gasteiger partial charge in [-0.3, -0.25) is 9.78 Å². The van der Waals surface area contributed by atoms with Crippen LogP contribution in [0.5, 0.6) is 0 Å². The molecule has 0 atom stereocenters. The van der Waals surface area contributed by atoms with Gasteiger partial charge in [0.1, 0.15) is 0 Å². The van der Waals surface area contributed by atoms with Crippen molar-refractivity contribution >= 4 is 17.3 Å². The van der Waals surface area contributed by atoms with E-state index in [9.17, 15) is 4.79 Å². The number of pyridine rings is 1. The summed E-state index contributed by atoms with van der Waals surface area (Å²) in [6.45, 7) is 4.77. The van der Waals surface area contributed by atoms with Gasteiger partial charge in [0.2, 0.25) is 0 Å². The van der Waals surface area contributed by atoms with E-state index in [4.69, 9.17) is 0 Å². The molecule has 1 aliphatic rings. The standard InChI is InChI=1S/C18H22N4O/c1-13-16(5-4-8-19-13)18(23)20-15-7-6-14-12-21(2)9-10-22(3)17(14)11-15/h4-8,11H,9-10,12H2,1-3H3,(H,20,23). The zero-order chi connectivity index (χ0) is 16.4. The van der Waals surface area contributed by atoms with Crippen LogP contribution in [-0.2, 0) is 6.54 Å². The van der Waals surface area contributed by atoms with Crippen molar-refractivity contribution in [3.63, 3.8) is 0 Å². The molecule has 3 rings (SSSR count). The van der Waals surface area contributed by atoms with Crippen molar-refractivity contribution < 1.29 is 4.79 Å². The molecule has 0 radical (unpaired) electrons. The molecular formula is C18H22N4O. The molecule has 2 heterocycles. The van der Waals surface area contributed by atoms with Crippen LogP contribution in [0.2, 0.25) is 0 Å². The van der Waals surface area contributed by atoms with Crippen molar-refractivity contribution in [1.29, 1.82) is 0 Å². The van der Waals surface area contributed by atoms with Gasteiger partial charge >= 0.3 is 0 Å². The number of carbonyl (C=O) groups excluding carboxylic acids is 1. The number of anilines is 2. The van der Waals surface area contributed by atoms with E-state index in [1.165, 1.54) is 11.3 Å². The average molecular weight is 310 g/mol. The normalized spacial score (nSPS) is 15.0. The lowest BCUT2D eigenvalue weighted by atomic mass is 10.1. The Kier molecular flexibility index (Phi) is 4.30. The molecule has 1 aromatic heterocycles. The monoisotopic (exact) mass is 310 g/mol. The van der Waals surface area contributed by atoms with Gasteiger partial charge in [0, 0.05) is 49.9 Å². The van der Waals surface area contributed by atoms with Crippen molar-refractivity contribution in [3.05, 3.63) is 53.3 Å². The van der Waals surface area contributed by atoms with Crippen LogP contribution < -0.4 is 10.2 Å². The summed E-state index contributed by atoms with van der Waals surface area (Å²) < 4.78 is 0. The van der Waals surface area contributed by atoms with Gasteiger partial charge in [-0.25, -0.2) is 0 Å². The van der Waals surface area contributed by atoms with E-state index in [-0.39, 0.29) is 5.91 Å². The number of rotatable bonds is 2. The van der Waals surface area contributed by atoms with Crippen LogP contribution in [-0.4, -0.2) is 43.0 Å². The molecule has 1 amide bonds. The van der Waals surface area contributed by atoms with Crippen molar-refractivity contribution in [3.8, 4) is 0 Å². The Morgan fingerprint density at radius 2 is 2.04 bits per heavy atom. The number of aromatic nitrogens is 1. The topological polar surface area (TPSA) is 48.5 Å². The Hall–Kier alpha value is -2.40. The zero-order valence-corrected chi connectivity index (χ0v) is 13.8. The summed E-state index contributed by atoms with van der Waals surface area (Å²) >= 11 is 0. The average Bonchev–Trinajstić information content (AvgIpc) is 2.67. The third-order valence-corrected chi connectivity index (χ3v) is 4.26. The summed E-state index contributed by atoms with van der Waals surface area (Å²) in [4.78, 5) is 21.1. The third kappa shape index (κ3) is 3.35. The van der Waals surface area contributed by atoms with Gasteiger partial charge in [0.15, 0.2) is 0 Å². The zero-order valence-electron chi connectivity index (χ0n) is 13.8. The molecule has 23 heavy (non-hydrogen) atoms.